The van der Waals surface area contributed by atoms with E-state index in [1.807, 2.05) is 20.2 Å². The number of carbonyl (C=O) groups is 2. The first-order valence-electron chi connectivity index (χ1n) is 21.9. The van der Waals surface area contributed by atoms with E-state index in [9.17, 15) is 19.0 Å². The zero-order valence-electron chi connectivity index (χ0n) is 36.2. The van der Waals surface area contributed by atoms with Crippen LogP contribution in [0.4, 0.5) is 0 Å². The molecule has 57 heavy (non-hydrogen) atoms. The molecule has 0 spiro atoms. The van der Waals surface area contributed by atoms with E-state index < -0.39 is 32.5 Å². The van der Waals surface area contributed by atoms with E-state index in [1.165, 1.54) is 64.2 Å². The number of ether oxygens (including phenoxy) is 2. The molecular formula is C47H80NO8P. The fourth-order valence-corrected chi connectivity index (χ4v) is 6.02. The fourth-order valence-electron chi connectivity index (χ4n) is 5.28. The molecule has 0 rings (SSSR count). The quantitative estimate of drug-likeness (QED) is 0.0280. The number of phosphoric ester groups is 1. The molecule has 0 radical (unpaired) electrons. The molecule has 0 amide bonds. The normalized spacial score (nSPS) is 14.2. The van der Waals surface area contributed by atoms with Crippen molar-refractivity contribution in [2.24, 2.45) is 0 Å². The zero-order chi connectivity index (χ0) is 41.9. The van der Waals surface area contributed by atoms with Crippen LogP contribution in [0.3, 0.4) is 0 Å². The van der Waals surface area contributed by atoms with E-state index in [4.69, 9.17) is 18.5 Å². The topological polar surface area (TPSA) is 112 Å². The largest absolute Gasteiger partial charge is 0.472 e. The van der Waals surface area contributed by atoms with E-state index >= 15 is 0 Å². The lowest BCUT2D eigenvalue weighted by Crippen LogP contribution is -2.29. The van der Waals surface area contributed by atoms with Crippen molar-refractivity contribution in [3.8, 4) is 0 Å². The first-order chi connectivity index (χ1) is 27.7. The Morgan fingerprint density at radius 1 is 0.544 bits per heavy atom. The Bertz CT molecular complexity index is 1220. The molecule has 0 saturated heterocycles. The van der Waals surface area contributed by atoms with Gasteiger partial charge in [-0.3, -0.25) is 18.6 Å². The van der Waals surface area contributed by atoms with Gasteiger partial charge in [0.25, 0.3) is 0 Å². The average Bonchev–Trinajstić information content (AvgIpc) is 3.18. The number of nitrogens with zero attached hydrogens (tertiary/aromatic N) is 1. The molecule has 0 aliphatic heterocycles. The Hall–Kier alpha value is -2.81. The number of hydrogen-bond donors (Lipinski definition) is 1. The van der Waals surface area contributed by atoms with Crippen LogP contribution < -0.4 is 0 Å². The molecule has 0 aromatic carbocycles. The van der Waals surface area contributed by atoms with Crippen LogP contribution in [0.15, 0.2) is 85.1 Å². The van der Waals surface area contributed by atoms with Crippen LogP contribution in [0.2, 0.25) is 0 Å². The van der Waals surface area contributed by atoms with Crippen LogP contribution in [0.5, 0.6) is 0 Å². The van der Waals surface area contributed by atoms with Crippen molar-refractivity contribution in [3.63, 3.8) is 0 Å². The Morgan fingerprint density at radius 2 is 0.947 bits per heavy atom. The van der Waals surface area contributed by atoms with E-state index in [0.717, 1.165) is 44.9 Å². The van der Waals surface area contributed by atoms with Crippen molar-refractivity contribution >= 4 is 19.8 Å². The molecule has 9 nitrogen and oxygen atoms in total. The summed E-state index contributed by atoms with van der Waals surface area (Å²) in [5.74, 6) is -0.938. The van der Waals surface area contributed by atoms with Gasteiger partial charge >= 0.3 is 19.8 Å². The molecule has 0 saturated carbocycles. The van der Waals surface area contributed by atoms with Crippen molar-refractivity contribution in [3.05, 3.63) is 85.1 Å². The molecule has 0 heterocycles. The second kappa shape index (κ2) is 41.4. The van der Waals surface area contributed by atoms with Crippen molar-refractivity contribution in [1.29, 1.82) is 0 Å². The minimum Gasteiger partial charge on any atom is -0.462 e. The summed E-state index contributed by atoms with van der Waals surface area (Å²) >= 11 is 0. The smallest absolute Gasteiger partial charge is 0.462 e. The molecule has 10 heteroatoms. The highest BCUT2D eigenvalue weighted by atomic mass is 31.2. The Kier molecular flexibility index (Phi) is 39.3. The standard InChI is InChI=1S/C47H80NO8P/c1-5-7-9-11-13-15-17-19-21-23-25-27-29-31-33-35-37-39-46(49)53-43-45(44-55-57(51,52)54-42-41-48(3)4)56-47(50)40-38-36-34-32-30-28-26-24-22-20-18-16-14-12-10-8-6-2/h14,16,19-22,25-28,31-34,45H,5-13,15,17-18,23-24,29-30,35-44H2,1-4H3,(H,51,52)/b16-14-,21-19-,22-20-,27-25-,28-26-,33-31-,34-32-. The van der Waals surface area contributed by atoms with Gasteiger partial charge in [-0.1, -0.05) is 144 Å². The predicted octanol–water partition coefficient (Wildman–Crippen LogP) is 12.7. The van der Waals surface area contributed by atoms with Crippen LogP contribution in [-0.4, -0.2) is 68.3 Å². The number of esters is 2. The Morgan fingerprint density at radius 3 is 1.44 bits per heavy atom. The van der Waals surface area contributed by atoms with Crippen LogP contribution >= 0.6 is 7.82 Å². The summed E-state index contributed by atoms with van der Waals surface area (Å²) in [6.07, 6.45) is 50.7. The lowest BCUT2D eigenvalue weighted by Gasteiger charge is -2.20. The number of carbonyl (C=O) groups excluding carboxylic acids is 2. The Labute approximate surface area is 348 Å². The molecule has 326 valence electrons. The van der Waals surface area contributed by atoms with Crippen LogP contribution in [0.25, 0.3) is 0 Å². The van der Waals surface area contributed by atoms with E-state index in [2.05, 4.69) is 92.8 Å². The van der Waals surface area contributed by atoms with Gasteiger partial charge in [-0.25, -0.2) is 4.57 Å². The summed E-state index contributed by atoms with van der Waals surface area (Å²) in [5, 5.41) is 0. The highest BCUT2D eigenvalue weighted by Gasteiger charge is 2.26. The van der Waals surface area contributed by atoms with Gasteiger partial charge in [0.2, 0.25) is 0 Å². The predicted molar refractivity (Wildman–Crippen MR) is 238 cm³/mol. The summed E-state index contributed by atoms with van der Waals surface area (Å²) in [6.45, 7) is 4.14. The maximum Gasteiger partial charge on any atom is 0.472 e. The third-order valence-corrected chi connectivity index (χ3v) is 9.66. The minimum absolute atomic E-state index is 0.0147. The number of allylic oxidation sites excluding steroid dienone is 14. The molecule has 0 aliphatic carbocycles. The average molecular weight is 818 g/mol. The van der Waals surface area contributed by atoms with Gasteiger partial charge in [0.1, 0.15) is 6.61 Å². The monoisotopic (exact) mass is 818 g/mol. The first-order valence-corrected chi connectivity index (χ1v) is 23.4. The maximum atomic E-state index is 12.6. The van der Waals surface area contributed by atoms with Crippen LogP contribution in [-0.2, 0) is 32.7 Å². The van der Waals surface area contributed by atoms with Gasteiger partial charge < -0.3 is 19.3 Å². The lowest BCUT2D eigenvalue weighted by atomic mass is 10.1. The molecule has 0 bridgehead atoms. The highest BCUT2D eigenvalue weighted by molar-refractivity contribution is 7.47. The Balaban J connectivity index is 4.49. The van der Waals surface area contributed by atoms with E-state index in [-0.39, 0.29) is 26.1 Å². The van der Waals surface area contributed by atoms with Crippen molar-refractivity contribution in [2.75, 3.05) is 40.5 Å². The van der Waals surface area contributed by atoms with Gasteiger partial charge in [-0.2, -0.15) is 0 Å². The molecular weight excluding hydrogens is 737 g/mol. The SMILES string of the molecule is CCCCC/C=C\C/C=C\C/C=C\C/C=C\CCCC(=O)OC(COC(=O)CCC/C=C\C/C=C\C/C=C\CCCCCCCC)COP(=O)(O)OCCN(C)C. The molecule has 0 aromatic heterocycles. The van der Waals surface area contributed by atoms with Gasteiger partial charge in [-0.15, -0.1) is 0 Å². The number of likely N-dealkylation sites (N-methyl/N-ethyl adjacent to an activating group) is 1. The van der Waals surface area contributed by atoms with Crippen LogP contribution in [0, 0.1) is 0 Å². The van der Waals surface area contributed by atoms with E-state index in [1.54, 1.807) is 4.90 Å². The van der Waals surface area contributed by atoms with Gasteiger partial charge in [-0.05, 0) is 97.6 Å². The summed E-state index contributed by atoms with van der Waals surface area (Å²) < 4.78 is 33.3. The van der Waals surface area contributed by atoms with Crippen molar-refractivity contribution < 1.29 is 37.6 Å². The second-order valence-corrected chi connectivity index (χ2v) is 16.0. The molecule has 1 N–H and O–H groups in total. The molecule has 2 atom stereocenters. The first kappa shape index (κ1) is 54.2. The summed E-state index contributed by atoms with van der Waals surface area (Å²) in [7, 11) is -0.771. The summed E-state index contributed by atoms with van der Waals surface area (Å²) in [5.41, 5.74) is 0. The fraction of sp³-hybridized carbons (Fsp3) is 0.660. The number of rotatable bonds is 39. The number of phosphoric acid groups is 1. The highest BCUT2D eigenvalue weighted by Crippen LogP contribution is 2.43. The minimum atomic E-state index is -4.39. The molecule has 0 aliphatic rings. The molecule has 0 aromatic rings. The lowest BCUT2D eigenvalue weighted by molar-refractivity contribution is -0.161. The summed E-state index contributed by atoms with van der Waals surface area (Å²) in [6, 6.07) is 0. The van der Waals surface area contributed by atoms with Crippen LogP contribution in [0.1, 0.15) is 155 Å². The number of hydrogen-bond acceptors (Lipinski definition) is 8. The maximum absolute atomic E-state index is 12.6. The van der Waals surface area contributed by atoms with Crippen molar-refractivity contribution in [2.45, 2.75) is 161 Å². The third kappa shape index (κ3) is 42.6. The van der Waals surface area contributed by atoms with E-state index in [0.29, 0.717) is 25.8 Å². The second-order valence-electron chi connectivity index (χ2n) is 14.5. The van der Waals surface area contributed by atoms with Gasteiger partial charge in [0.15, 0.2) is 6.10 Å². The number of unbranched alkanes of at least 4 members (excludes halogenated alkanes) is 11. The van der Waals surface area contributed by atoms with Gasteiger partial charge in [0, 0.05) is 19.4 Å². The summed E-state index contributed by atoms with van der Waals surface area (Å²) in [4.78, 5) is 37.0. The third-order valence-electron chi connectivity index (χ3n) is 8.67. The zero-order valence-corrected chi connectivity index (χ0v) is 37.1. The molecule has 0 fully saturated rings. The van der Waals surface area contributed by atoms with Crippen molar-refractivity contribution in [1.82, 2.24) is 4.90 Å². The molecule has 2 unspecified atom stereocenters. The van der Waals surface area contributed by atoms with Gasteiger partial charge in [0.05, 0.1) is 13.2 Å².